The average molecular weight is 340 g/mol. The Morgan fingerprint density at radius 1 is 1.08 bits per heavy atom. The number of likely N-dealkylation sites (tertiary alicyclic amines) is 1. The van der Waals surface area contributed by atoms with Crippen LogP contribution in [0.5, 0.6) is 0 Å². The van der Waals surface area contributed by atoms with Crippen LogP contribution >= 0.6 is 11.8 Å². The fourth-order valence-corrected chi connectivity index (χ4v) is 3.61. The number of hydrogen-bond donors (Lipinski definition) is 0. The number of pyridine rings is 1. The molecule has 0 atom stereocenters. The highest BCUT2D eigenvalue weighted by Gasteiger charge is 2.29. The highest BCUT2D eigenvalue weighted by atomic mass is 32.2. The Hall–Kier alpha value is -2.14. The predicted molar refractivity (Wildman–Crippen MR) is 95.4 cm³/mol. The lowest BCUT2D eigenvalue weighted by Gasteiger charge is -2.31. The van der Waals surface area contributed by atoms with Crippen molar-refractivity contribution in [3.05, 3.63) is 59.8 Å². The van der Waals surface area contributed by atoms with Crippen molar-refractivity contribution in [2.45, 2.75) is 17.9 Å². The van der Waals surface area contributed by atoms with Gasteiger partial charge in [0.15, 0.2) is 5.78 Å². The minimum absolute atomic E-state index is 0.00497. The summed E-state index contributed by atoms with van der Waals surface area (Å²) in [6.07, 6.45) is 5.06. The summed E-state index contributed by atoms with van der Waals surface area (Å²) in [5.74, 6) is 0.206. The van der Waals surface area contributed by atoms with E-state index in [0.29, 0.717) is 31.5 Å². The number of nitrogens with zero attached hydrogens (tertiary/aromatic N) is 2. The van der Waals surface area contributed by atoms with Gasteiger partial charge in [-0.25, -0.2) is 4.98 Å². The smallest absolute Gasteiger partial charge is 0.256 e. The van der Waals surface area contributed by atoms with Crippen LogP contribution in [0.2, 0.25) is 0 Å². The lowest BCUT2D eigenvalue weighted by atomic mass is 9.88. The Kier molecular flexibility index (Phi) is 5.30. The van der Waals surface area contributed by atoms with Gasteiger partial charge in [0.05, 0.1) is 5.56 Å². The second-order valence-corrected chi connectivity index (χ2v) is 6.65. The van der Waals surface area contributed by atoms with E-state index in [9.17, 15) is 9.59 Å². The third-order valence-electron chi connectivity index (χ3n) is 4.41. The molecule has 0 unspecified atom stereocenters. The molecule has 0 spiro atoms. The number of thioether (sulfide) groups is 1. The van der Waals surface area contributed by atoms with Gasteiger partial charge in [0.25, 0.3) is 5.91 Å². The van der Waals surface area contributed by atoms with Crippen molar-refractivity contribution in [2.24, 2.45) is 5.92 Å². The molecule has 24 heavy (non-hydrogen) atoms. The van der Waals surface area contributed by atoms with E-state index in [1.165, 1.54) is 11.8 Å². The van der Waals surface area contributed by atoms with Gasteiger partial charge in [0, 0.05) is 30.8 Å². The molecule has 1 aromatic heterocycles. The molecule has 2 heterocycles. The third-order valence-corrected chi connectivity index (χ3v) is 5.12. The van der Waals surface area contributed by atoms with E-state index in [1.54, 1.807) is 12.3 Å². The van der Waals surface area contributed by atoms with Crippen molar-refractivity contribution in [3.63, 3.8) is 0 Å². The number of amides is 1. The molecule has 1 aliphatic rings. The van der Waals surface area contributed by atoms with E-state index in [4.69, 9.17) is 0 Å². The molecule has 0 radical (unpaired) electrons. The molecule has 124 valence electrons. The van der Waals surface area contributed by atoms with Gasteiger partial charge in [-0.1, -0.05) is 30.3 Å². The monoisotopic (exact) mass is 340 g/mol. The number of hydrogen-bond acceptors (Lipinski definition) is 4. The summed E-state index contributed by atoms with van der Waals surface area (Å²) in [7, 11) is 0. The predicted octanol–water partition coefficient (Wildman–Crippen LogP) is 3.54. The van der Waals surface area contributed by atoms with Crippen LogP contribution in [0.25, 0.3) is 0 Å². The van der Waals surface area contributed by atoms with Crippen LogP contribution in [0.4, 0.5) is 0 Å². The van der Waals surface area contributed by atoms with Gasteiger partial charge in [-0.3, -0.25) is 9.59 Å². The summed E-state index contributed by atoms with van der Waals surface area (Å²) >= 11 is 1.48. The number of Topliss-reactive ketones (excluding diaryl/α,β-unsaturated/α-hetero) is 1. The van der Waals surface area contributed by atoms with Gasteiger partial charge in [-0.15, -0.1) is 11.8 Å². The van der Waals surface area contributed by atoms with E-state index in [2.05, 4.69) is 4.98 Å². The number of benzene rings is 1. The standard InChI is InChI=1S/C19H20N2O2S/c1-24-18-16(8-5-11-20-18)19(23)21-12-9-15(10-13-21)17(22)14-6-3-2-4-7-14/h2-8,11,15H,9-10,12-13H2,1H3. The summed E-state index contributed by atoms with van der Waals surface area (Å²) in [5.41, 5.74) is 1.41. The second kappa shape index (κ2) is 7.62. The van der Waals surface area contributed by atoms with Crippen LogP contribution in [-0.4, -0.2) is 40.9 Å². The first-order chi connectivity index (χ1) is 11.7. The number of piperidine rings is 1. The highest BCUT2D eigenvalue weighted by Crippen LogP contribution is 2.25. The van der Waals surface area contributed by atoms with E-state index in [-0.39, 0.29) is 17.6 Å². The fraction of sp³-hybridized carbons (Fsp3) is 0.316. The quantitative estimate of drug-likeness (QED) is 0.631. The first-order valence-corrected chi connectivity index (χ1v) is 9.30. The summed E-state index contributed by atoms with van der Waals surface area (Å²) in [4.78, 5) is 31.3. The van der Waals surface area contributed by atoms with Crippen molar-refractivity contribution in [2.75, 3.05) is 19.3 Å². The minimum Gasteiger partial charge on any atom is -0.339 e. The van der Waals surface area contributed by atoms with Crippen LogP contribution in [0.3, 0.4) is 0 Å². The zero-order chi connectivity index (χ0) is 16.9. The number of carbonyl (C=O) groups is 2. The van der Waals surface area contributed by atoms with Crippen LogP contribution in [0, 0.1) is 5.92 Å². The van der Waals surface area contributed by atoms with E-state index in [1.807, 2.05) is 47.6 Å². The molecule has 0 bridgehead atoms. The maximum absolute atomic E-state index is 12.7. The molecular formula is C19H20N2O2S. The molecule has 5 heteroatoms. The van der Waals surface area contributed by atoms with Gasteiger partial charge in [0.1, 0.15) is 5.03 Å². The van der Waals surface area contributed by atoms with Crippen molar-refractivity contribution in [1.82, 2.24) is 9.88 Å². The van der Waals surface area contributed by atoms with Crippen LogP contribution < -0.4 is 0 Å². The van der Waals surface area contributed by atoms with Crippen LogP contribution in [-0.2, 0) is 0 Å². The van der Waals surface area contributed by atoms with Gasteiger partial charge < -0.3 is 4.90 Å². The SMILES string of the molecule is CSc1ncccc1C(=O)N1CCC(C(=O)c2ccccc2)CC1. The average Bonchev–Trinajstić information content (AvgIpc) is 2.67. The third kappa shape index (κ3) is 3.51. The lowest BCUT2D eigenvalue weighted by molar-refractivity contribution is 0.0647. The maximum Gasteiger partial charge on any atom is 0.256 e. The molecule has 0 saturated carbocycles. The Bertz CT molecular complexity index is 725. The normalized spacial score (nSPS) is 15.3. The molecule has 1 aromatic carbocycles. The molecular weight excluding hydrogens is 320 g/mol. The Morgan fingerprint density at radius 3 is 2.46 bits per heavy atom. The first-order valence-electron chi connectivity index (χ1n) is 8.08. The summed E-state index contributed by atoms with van der Waals surface area (Å²) in [6, 6.07) is 13.0. The molecule has 0 aliphatic carbocycles. The van der Waals surface area contributed by atoms with E-state index >= 15 is 0 Å². The number of ketones is 1. The molecule has 1 fully saturated rings. The van der Waals surface area contributed by atoms with Gasteiger partial charge in [-0.05, 0) is 31.2 Å². The summed E-state index contributed by atoms with van der Waals surface area (Å²) < 4.78 is 0. The van der Waals surface area contributed by atoms with Crippen LogP contribution in [0.15, 0.2) is 53.7 Å². The Balaban J connectivity index is 1.65. The molecule has 2 aromatic rings. The fourth-order valence-electron chi connectivity index (χ4n) is 3.07. The van der Waals surface area contributed by atoms with Crippen molar-refractivity contribution >= 4 is 23.5 Å². The van der Waals surface area contributed by atoms with Crippen LogP contribution in [0.1, 0.15) is 33.6 Å². The van der Waals surface area contributed by atoms with Crippen molar-refractivity contribution in [1.29, 1.82) is 0 Å². The highest BCUT2D eigenvalue weighted by molar-refractivity contribution is 7.98. The minimum atomic E-state index is 0.00497. The molecule has 1 aliphatic heterocycles. The van der Waals surface area contributed by atoms with Gasteiger partial charge >= 0.3 is 0 Å². The zero-order valence-corrected chi connectivity index (χ0v) is 14.5. The van der Waals surface area contributed by atoms with E-state index < -0.39 is 0 Å². The molecule has 3 rings (SSSR count). The van der Waals surface area contributed by atoms with Gasteiger partial charge in [0.2, 0.25) is 0 Å². The summed E-state index contributed by atoms with van der Waals surface area (Å²) in [6.45, 7) is 1.23. The molecule has 1 amide bonds. The molecule has 0 N–H and O–H groups in total. The summed E-state index contributed by atoms with van der Waals surface area (Å²) in [5, 5.41) is 0.755. The Morgan fingerprint density at radius 2 is 1.79 bits per heavy atom. The number of carbonyl (C=O) groups excluding carboxylic acids is 2. The topological polar surface area (TPSA) is 50.3 Å². The molecule has 1 saturated heterocycles. The lowest BCUT2D eigenvalue weighted by Crippen LogP contribution is -2.40. The van der Waals surface area contributed by atoms with Crippen molar-refractivity contribution < 1.29 is 9.59 Å². The number of rotatable bonds is 4. The first kappa shape index (κ1) is 16.7. The van der Waals surface area contributed by atoms with E-state index in [0.717, 1.165) is 10.6 Å². The zero-order valence-electron chi connectivity index (χ0n) is 13.6. The maximum atomic E-state index is 12.7. The largest absolute Gasteiger partial charge is 0.339 e. The molecule has 4 nitrogen and oxygen atoms in total. The van der Waals surface area contributed by atoms with Crippen molar-refractivity contribution in [3.8, 4) is 0 Å². The second-order valence-electron chi connectivity index (χ2n) is 5.86. The Labute approximate surface area is 146 Å². The van der Waals surface area contributed by atoms with Gasteiger partial charge in [-0.2, -0.15) is 0 Å². The number of aromatic nitrogens is 1.